The normalized spacial score (nSPS) is 15.6. The zero-order valence-electron chi connectivity index (χ0n) is 16.4. The number of hydrogen-bond donors (Lipinski definition) is 1. The fraction of sp³-hybridized carbons (Fsp3) is 0.421. The summed E-state index contributed by atoms with van der Waals surface area (Å²) >= 11 is 0. The SMILES string of the molecule is Cc1cc(C)n2nc(C(=O)NC3CCN(c4ccc(C(F)(F)F)cn4)CC3)nc2n1. The van der Waals surface area contributed by atoms with Gasteiger partial charge in [-0.25, -0.2) is 14.5 Å². The zero-order valence-corrected chi connectivity index (χ0v) is 16.4. The molecule has 1 saturated heterocycles. The van der Waals surface area contributed by atoms with Gasteiger partial charge in [-0.05, 0) is 44.9 Å². The van der Waals surface area contributed by atoms with Crippen molar-refractivity contribution in [2.24, 2.45) is 0 Å². The third-order valence-corrected chi connectivity index (χ3v) is 5.05. The van der Waals surface area contributed by atoms with Gasteiger partial charge in [-0.1, -0.05) is 0 Å². The molecule has 3 aromatic heterocycles. The summed E-state index contributed by atoms with van der Waals surface area (Å²) in [5.41, 5.74) is 0.860. The van der Waals surface area contributed by atoms with E-state index in [4.69, 9.17) is 0 Å². The van der Waals surface area contributed by atoms with Gasteiger partial charge >= 0.3 is 6.18 Å². The first-order valence-electron chi connectivity index (χ1n) is 9.51. The molecule has 1 N–H and O–H groups in total. The summed E-state index contributed by atoms with van der Waals surface area (Å²) in [4.78, 5) is 26.9. The molecule has 8 nitrogen and oxygen atoms in total. The molecular weight excluding hydrogens is 399 g/mol. The third kappa shape index (κ3) is 4.05. The number of fused-ring (bicyclic) bond motifs is 1. The lowest BCUT2D eigenvalue weighted by atomic mass is 10.0. The van der Waals surface area contributed by atoms with E-state index in [1.807, 2.05) is 24.8 Å². The van der Waals surface area contributed by atoms with Crippen LogP contribution in [0, 0.1) is 13.8 Å². The summed E-state index contributed by atoms with van der Waals surface area (Å²) in [7, 11) is 0. The minimum atomic E-state index is -4.40. The molecule has 158 valence electrons. The van der Waals surface area contributed by atoms with Crippen LogP contribution in [0.1, 0.15) is 40.4 Å². The summed E-state index contributed by atoms with van der Waals surface area (Å²) in [5, 5.41) is 7.16. The van der Waals surface area contributed by atoms with Crippen LogP contribution in [0.25, 0.3) is 5.78 Å². The highest BCUT2D eigenvalue weighted by Crippen LogP contribution is 2.29. The fourth-order valence-corrected chi connectivity index (χ4v) is 3.51. The number of aryl methyl sites for hydroxylation is 2. The summed E-state index contributed by atoms with van der Waals surface area (Å²) in [6.45, 7) is 4.85. The molecule has 1 aliphatic rings. The van der Waals surface area contributed by atoms with Crippen LogP contribution in [0.15, 0.2) is 24.4 Å². The molecule has 0 atom stereocenters. The molecule has 0 aliphatic carbocycles. The molecular formula is C19H20F3N7O. The number of carbonyl (C=O) groups is 1. The number of rotatable bonds is 3. The number of amides is 1. The largest absolute Gasteiger partial charge is 0.417 e. The minimum absolute atomic E-state index is 0.0584. The smallest absolute Gasteiger partial charge is 0.356 e. The number of nitrogens with zero attached hydrogens (tertiary/aromatic N) is 6. The van der Waals surface area contributed by atoms with Crippen LogP contribution >= 0.6 is 0 Å². The number of halogens is 3. The maximum absolute atomic E-state index is 12.7. The highest BCUT2D eigenvalue weighted by atomic mass is 19.4. The molecule has 0 aromatic carbocycles. The van der Waals surface area contributed by atoms with Crippen LogP contribution in [-0.4, -0.2) is 49.6 Å². The highest BCUT2D eigenvalue weighted by molar-refractivity contribution is 5.91. The average molecular weight is 419 g/mol. The Hall–Kier alpha value is -3.24. The zero-order chi connectivity index (χ0) is 21.5. The number of aromatic nitrogens is 5. The Labute approximate surface area is 170 Å². The van der Waals surface area contributed by atoms with Crippen molar-refractivity contribution in [1.29, 1.82) is 0 Å². The minimum Gasteiger partial charge on any atom is -0.356 e. The molecule has 1 aliphatic heterocycles. The van der Waals surface area contributed by atoms with Crippen LogP contribution < -0.4 is 10.2 Å². The average Bonchev–Trinajstić information content (AvgIpc) is 3.13. The predicted molar refractivity (Wildman–Crippen MR) is 102 cm³/mol. The topological polar surface area (TPSA) is 88.3 Å². The van der Waals surface area contributed by atoms with E-state index in [9.17, 15) is 18.0 Å². The van der Waals surface area contributed by atoms with Gasteiger partial charge in [-0.15, -0.1) is 5.10 Å². The van der Waals surface area contributed by atoms with Crippen molar-refractivity contribution in [2.45, 2.75) is 38.9 Å². The van der Waals surface area contributed by atoms with Gasteiger partial charge in [0.05, 0.1) is 5.56 Å². The van der Waals surface area contributed by atoms with Crippen molar-refractivity contribution < 1.29 is 18.0 Å². The van der Waals surface area contributed by atoms with Gasteiger partial charge in [0.2, 0.25) is 5.82 Å². The molecule has 0 unspecified atom stereocenters. The molecule has 4 rings (SSSR count). The Kier molecular flexibility index (Phi) is 5.04. The standard InChI is InChI=1S/C19H20F3N7O/c1-11-9-12(2)29-18(24-11)26-16(27-29)17(30)25-14-5-7-28(8-6-14)15-4-3-13(10-23-15)19(20,21)22/h3-4,9-10,14H,5-8H2,1-2H3,(H,25,30). The molecule has 0 spiro atoms. The molecule has 0 radical (unpaired) electrons. The first-order valence-corrected chi connectivity index (χ1v) is 9.51. The Morgan fingerprint density at radius 2 is 1.90 bits per heavy atom. The van der Waals surface area contributed by atoms with Crippen LogP contribution in [-0.2, 0) is 6.18 Å². The van der Waals surface area contributed by atoms with Crippen molar-refractivity contribution in [3.05, 3.63) is 47.2 Å². The van der Waals surface area contributed by atoms with Gasteiger partial charge in [0.15, 0.2) is 0 Å². The summed E-state index contributed by atoms with van der Waals surface area (Å²) in [6, 6.07) is 4.18. The number of hydrogen-bond acceptors (Lipinski definition) is 6. The summed E-state index contributed by atoms with van der Waals surface area (Å²) in [6.07, 6.45) is -2.28. The van der Waals surface area contributed by atoms with Crippen LogP contribution in [0.3, 0.4) is 0 Å². The van der Waals surface area contributed by atoms with Gasteiger partial charge in [-0.2, -0.15) is 18.2 Å². The number of piperidine rings is 1. The Balaban J connectivity index is 1.37. The predicted octanol–water partition coefficient (Wildman–Crippen LogP) is 2.55. The van der Waals surface area contributed by atoms with Gasteiger partial charge in [0.1, 0.15) is 5.82 Å². The Morgan fingerprint density at radius 1 is 1.17 bits per heavy atom. The number of anilines is 1. The van der Waals surface area contributed by atoms with Crippen molar-refractivity contribution in [1.82, 2.24) is 29.9 Å². The van der Waals surface area contributed by atoms with Crippen molar-refractivity contribution in [3.8, 4) is 0 Å². The molecule has 1 amide bonds. The van der Waals surface area contributed by atoms with Crippen LogP contribution in [0.2, 0.25) is 0 Å². The fourth-order valence-electron chi connectivity index (χ4n) is 3.51. The number of nitrogens with one attached hydrogen (secondary N) is 1. The molecule has 30 heavy (non-hydrogen) atoms. The van der Waals surface area contributed by atoms with Gasteiger partial charge in [0.25, 0.3) is 11.7 Å². The maximum Gasteiger partial charge on any atom is 0.417 e. The third-order valence-electron chi connectivity index (χ3n) is 5.05. The first-order chi connectivity index (χ1) is 14.2. The summed E-state index contributed by atoms with van der Waals surface area (Å²) in [5.74, 6) is 0.555. The molecule has 4 heterocycles. The van der Waals surface area contributed by atoms with E-state index >= 15 is 0 Å². The number of alkyl halides is 3. The quantitative estimate of drug-likeness (QED) is 0.702. The van der Waals surface area contributed by atoms with Crippen molar-refractivity contribution >= 4 is 17.5 Å². The highest BCUT2D eigenvalue weighted by Gasteiger charge is 2.31. The number of pyridine rings is 1. The second-order valence-corrected chi connectivity index (χ2v) is 7.32. The van der Waals surface area contributed by atoms with Gasteiger partial charge < -0.3 is 10.2 Å². The van der Waals surface area contributed by atoms with Gasteiger partial charge in [0, 0.05) is 36.7 Å². The lowest BCUT2D eigenvalue weighted by molar-refractivity contribution is -0.137. The van der Waals surface area contributed by atoms with Gasteiger partial charge in [-0.3, -0.25) is 4.79 Å². The first kappa shape index (κ1) is 20.0. The maximum atomic E-state index is 12.7. The molecule has 0 bridgehead atoms. The Bertz CT molecular complexity index is 1070. The van der Waals surface area contributed by atoms with Crippen LogP contribution in [0.5, 0.6) is 0 Å². The number of carbonyl (C=O) groups excluding carboxylic acids is 1. The molecule has 11 heteroatoms. The molecule has 3 aromatic rings. The van der Waals surface area contributed by atoms with E-state index in [0.717, 1.165) is 23.7 Å². The van der Waals surface area contributed by atoms with Crippen molar-refractivity contribution in [3.63, 3.8) is 0 Å². The van der Waals surface area contributed by atoms with E-state index in [1.54, 1.807) is 0 Å². The second kappa shape index (κ2) is 7.54. The van der Waals surface area contributed by atoms with E-state index < -0.39 is 11.7 Å². The second-order valence-electron chi connectivity index (χ2n) is 7.32. The van der Waals surface area contributed by atoms with E-state index in [1.165, 1.54) is 10.6 Å². The monoisotopic (exact) mass is 419 g/mol. The molecule has 1 fully saturated rings. The Morgan fingerprint density at radius 3 is 2.53 bits per heavy atom. The van der Waals surface area contributed by atoms with Crippen LogP contribution in [0.4, 0.5) is 19.0 Å². The van der Waals surface area contributed by atoms with E-state index in [-0.39, 0.29) is 17.8 Å². The lowest BCUT2D eigenvalue weighted by Gasteiger charge is -2.33. The van der Waals surface area contributed by atoms with E-state index in [2.05, 4.69) is 25.4 Å². The van der Waals surface area contributed by atoms with Crippen molar-refractivity contribution in [2.75, 3.05) is 18.0 Å². The molecule has 0 saturated carbocycles. The van der Waals surface area contributed by atoms with E-state index in [0.29, 0.717) is 37.5 Å². The lowest BCUT2D eigenvalue weighted by Crippen LogP contribution is -2.45. The summed E-state index contributed by atoms with van der Waals surface area (Å²) < 4.78 is 39.6.